The zero-order valence-corrected chi connectivity index (χ0v) is 12.0. The summed E-state index contributed by atoms with van der Waals surface area (Å²) in [6, 6.07) is 4.86. The molecule has 1 aromatic carbocycles. The van der Waals surface area contributed by atoms with Gasteiger partial charge >= 0.3 is 0 Å². The van der Waals surface area contributed by atoms with Crippen molar-refractivity contribution in [3.63, 3.8) is 0 Å². The average Bonchev–Trinajstić information content (AvgIpc) is 2.68. The highest BCUT2D eigenvalue weighted by molar-refractivity contribution is 9.10. The van der Waals surface area contributed by atoms with E-state index in [1.807, 2.05) is 0 Å². The van der Waals surface area contributed by atoms with Crippen LogP contribution in [-0.4, -0.2) is 27.9 Å². The van der Waals surface area contributed by atoms with Gasteiger partial charge in [-0.2, -0.15) is 0 Å². The Hall–Kier alpha value is -1.40. The summed E-state index contributed by atoms with van der Waals surface area (Å²) in [6.45, 7) is 0. The normalized spacial score (nSPS) is 10.4. The average molecular weight is 331 g/mol. The molecule has 94 valence electrons. The van der Waals surface area contributed by atoms with Gasteiger partial charge in [0.1, 0.15) is 11.4 Å². The molecule has 0 aliphatic heterocycles. The van der Waals surface area contributed by atoms with E-state index >= 15 is 0 Å². The quantitative estimate of drug-likeness (QED) is 0.811. The number of benzene rings is 1. The number of ketones is 1. The third-order valence-electron chi connectivity index (χ3n) is 2.41. The van der Waals surface area contributed by atoms with E-state index in [-0.39, 0.29) is 5.78 Å². The predicted octanol–water partition coefficient (Wildman–Crippen LogP) is 2.47. The van der Waals surface area contributed by atoms with Crippen LogP contribution in [0.1, 0.15) is 16.1 Å². The highest BCUT2D eigenvalue weighted by Crippen LogP contribution is 2.26. The molecule has 0 spiro atoms. The molecule has 7 heteroatoms. The van der Waals surface area contributed by atoms with Crippen LogP contribution >= 0.6 is 27.5 Å². The van der Waals surface area contributed by atoms with E-state index in [9.17, 15) is 4.79 Å². The molecule has 2 aromatic rings. The number of rotatable bonds is 3. The van der Waals surface area contributed by atoms with Crippen LogP contribution in [-0.2, 0) is 7.05 Å². The standard InChI is InChI=1S/C11H9BrClN3O2/c1-16-9(11(12)14-15-16)10(17)7-5-6(13)3-4-8(7)18-2/h3-5H,1-2H3. The minimum absolute atomic E-state index is 0.256. The summed E-state index contributed by atoms with van der Waals surface area (Å²) in [5, 5.41) is 8.00. The summed E-state index contributed by atoms with van der Waals surface area (Å²) in [5.41, 5.74) is 0.715. The van der Waals surface area contributed by atoms with Crippen molar-refractivity contribution in [3.05, 3.63) is 39.1 Å². The van der Waals surface area contributed by atoms with Gasteiger partial charge in [-0.3, -0.25) is 4.79 Å². The number of carbonyl (C=O) groups excluding carboxylic acids is 1. The van der Waals surface area contributed by atoms with E-state index in [2.05, 4.69) is 26.2 Å². The third-order valence-corrected chi connectivity index (χ3v) is 3.18. The Balaban J connectivity index is 2.55. The molecule has 1 heterocycles. The summed E-state index contributed by atoms with van der Waals surface area (Å²) >= 11 is 9.09. The molecule has 0 atom stereocenters. The Labute approximate surface area is 117 Å². The van der Waals surface area contributed by atoms with Crippen LogP contribution < -0.4 is 4.74 Å². The molecule has 1 aromatic heterocycles. The first kappa shape index (κ1) is 13.0. The number of ether oxygens (including phenoxy) is 1. The van der Waals surface area contributed by atoms with E-state index < -0.39 is 0 Å². The topological polar surface area (TPSA) is 57.0 Å². The van der Waals surface area contributed by atoms with Gasteiger partial charge in [0, 0.05) is 12.1 Å². The van der Waals surface area contributed by atoms with Crippen molar-refractivity contribution in [1.82, 2.24) is 15.0 Å². The van der Waals surface area contributed by atoms with Gasteiger partial charge in [0.15, 0.2) is 4.60 Å². The second kappa shape index (κ2) is 5.07. The number of carbonyl (C=O) groups is 1. The molecule has 0 aliphatic rings. The van der Waals surface area contributed by atoms with Gasteiger partial charge in [0.05, 0.1) is 12.7 Å². The number of aryl methyl sites for hydroxylation is 1. The summed E-state index contributed by atoms with van der Waals surface area (Å²) in [5.74, 6) is 0.200. The molecule has 0 unspecified atom stereocenters. The van der Waals surface area contributed by atoms with Gasteiger partial charge in [-0.25, -0.2) is 4.68 Å². The Morgan fingerprint density at radius 1 is 1.50 bits per heavy atom. The lowest BCUT2D eigenvalue weighted by Gasteiger charge is -2.08. The molecule has 0 aliphatic carbocycles. The monoisotopic (exact) mass is 329 g/mol. The maximum Gasteiger partial charge on any atom is 0.217 e. The molecule has 0 saturated carbocycles. The van der Waals surface area contributed by atoms with Crippen molar-refractivity contribution in [2.24, 2.45) is 7.05 Å². The van der Waals surface area contributed by atoms with Gasteiger partial charge < -0.3 is 4.74 Å². The summed E-state index contributed by atoms with van der Waals surface area (Å²) in [7, 11) is 3.14. The molecular weight excluding hydrogens is 321 g/mol. The van der Waals surface area contributed by atoms with Crippen molar-refractivity contribution in [1.29, 1.82) is 0 Å². The summed E-state index contributed by atoms with van der Waals surface area (Å²) in [6.07, 6.45) is 0. The molecule has 2 rings (SSSR count). The minimum Gasteiger partial charge on any atom is -0.496 e. The second-order valence-electron chi connectivity index (χ2n) is 3.53. The van der Waals surface area contributed by atoms with Gasteiger partial charge in [0.2, 0.25) is 5.78 Å². The van der Waals surface area contributed by atoms with Crippen LogP contribution in [0.3, 0.4) is 0 Å². The van der Waals surface area contributed by atoms with Crippen molar-refractivity contribution in [2.75, 3.05) is 7.11 Å². The molecule has 0 N–H and O–H groups in total. The van der Waals surface area contributed by atoms with Crippen LogP contribution in [0, 0.1) is 0 Å². The fraction of sp³-hybridized carbons (Fsp3) is 0.182. The largest absolute Gasteiger partial charge is 0.496 e. The first-order chi connectivity index (χ1) is 8.54. The predicted molar refractivity (Wildman–Crippen MR) is 70.1 cm³/mol. The van der Waals surface area contributed by atoms with Gasteiger partial charge in [-0.15, -0.1) is 5.10 Å². The molecule has 0 amide bonds. The Morgan fingerprint density at radius 2 is 2.22 bits per heavy atom. The van der Waals surface area contributed by atoms with Crippen LogP contribution in [0.4, 0.5) is 0 Å². The lowest BCUT2D eigenvalue weighted by molar-refractivity contribution is 0.102. The zero-order valence-electron chi connectivity index (χ0n) is 9.65. The first-order valence-corrected chi connectivity index (χ1v) is 6.15. The van der Waals surface area contributed by atoms with Gasteiger partial charge in [-0.1, -0.05) is 16.8 Å². The van der Waals surface area contributed by atoms with E-state index in [4.69, 9.17) is 16.3 Å². The number of hydrogen-bond acceptors (Lipinski definition) is 4. The lowest BCUT2D eigenvalue weighted by Crippen LogP contribution is -2.10. The second-order valence-corrected chi connectivity index (χ2v) is 4.71. The van der Waals surface area contributed by atoms with Crippen molar-refractivity contribution < 1.29 is 9.53 Å². The Bertz CT molecular complexity index is 593. The van der Waals surface area contributed by atoms with E-state index in [1.54, 1.807) is 25.2 Å². The summed E-state index contributed by atoms with van der Waals surface area (Å²) in [4.78, 5) is 12.4. The lowest BCUT2D eigenvalue weighted by atomic mass is 10.1. The summed E-state index contributed by atoms with van der Waals surface area (Å²) < 4.78 is 6.94. The number of methoxy groups -OCH3 is 1. The molecule has 0 fully saturated rings. The van der Waals surface area contributed by atoms with E-state index in [1.165, 1.54) is 11.8 Å². The number of nitrogens with zero attached hydrogens (tertiary/aromatic N) is 3. The van der Waals surface area contributed by atoms with Crippen LogP contribution in [0.15, 0.2) is 22.8 Å². The highest BCUT2D eigenvalue weighted by Gasteiger charge is 2.22. The van der Waals surface area contributed by atoms with Crippen molar-refractivity contribution >= 4 is 33.3 Å². The smallest absolute Gasteiger partial charge is 0.217 e. The molecule has 5 nitrogen and oxygen atoms in total. The number of hydrogen-bond donors (Lipinski definition) is 0. The highest BCUT2D eigenvalue weighted by atomic mass is 79.9. The van der Waals surface area contributed by atoms with Crippen molar-refractivity contribution in [3.8, 4) is 5.75 Å². The van der Waals surface area contributed by atoms with E-state index in [0.717, 1.165) is 0 Å². The van der Waals surface area contributed by atoms with Crippen molar-refractivity contribution in [2.45, 2.75) is 0 Å². The first-order valence-electron chi connectivity index (χ1n) is 4.98. The maximum atomic E-state index is 12.4. The Kier molecular flexibility index (Phi) is 3.68. The molecule has 18 heavy (non-hydrogen) atoms. The maximum absolute atomic E-state index is 12.4. The molecular formula is C11H9BrClN3O2. The van der Waals surface area contributed by atoms with Gasteiger partial charge in [-0.05, 0) is 34.1 Å². The van der Waals surface area contributed by atoms with E-state index in [0.29, 0.717) is 26.6 Å². The fourth-order valence-corrected chi connectivity index (χ4v) is 2.24. The van der Waals surface area contributed by atoms with Crippen LogP contribution in [0.5, 0.6) is 5.75 Å². The third kappa shape index (κ3) is 2.26. The van der Waals surface area contributed by atoms with Crippen LogP contribution in [0.2, 0.25) is 5.02 Å². The minimum atomic E-state index is -0.256. The van der Waals surface area contributed by atoms with Crippen LogP contribution in [0.25, 0.3) is 0 Å². The Morgan fingerprint density at radius 3 is 2.78 bits per heavy atom. The fourth-order valence-electron chi connectivity index (χ4n) is 1.56. The van der Waals surface area contributed by atoms with Gasteiger partial charge in [0.25, 0.3) is 0 Å². The molecule has 0 bridgehead atoms. The zero-order chi connectivity index (χ0) is 13.3. The molecule has 0 radical (unpaired) electrons. The molecule has 0 saturated heterocycles. The number of aromatic nitrogens is 3. The number of halogens is 2. The SMILES string of the molecule is COc1ccc(Cl)cc1C(=O)c1c(Br)nnn1C.